The van der Waals surface area contributed by atoms with Crippen molar-refractivity contribution in [3.8, 4) is 0 Å². The first-order chi connectivity index (χ1) is 10.8. The van der Waals surface area contributed by atoms with Gasteiger partial charge in [0.2, 0.25) is 0 Å². The number of halogens is 1. The summed E-state index contributed by atoms with van der Waals surface area (Å²) in [7, 11) is 0. The third kappa shape index (κ3) is 3.00. The van der Waals surface area contributed by atoms with Crippen molar-refractivity contribution in [3.63, 3.8) is 0 Å². The van der Waals surface area contributed by atoms with Crippen molar-refractivity contribution in [2.75, 3.05) is 4.90 Å². The monoisotopic (exact) mass is 308 g/mol. The van der Waals surface area contributed by atoms with Crippen molar-refractivity contribution < 1.29 is 4.79 Å². The van der Waals surface area contributed by atoms with Crippen LogP contribution in [-0.4, -0.2) is 10.9 Å². The normalized spacial score (nSPS) is 10.2. The summed E-state index contributed by atoms with van der Waals surface area (Å²) in [6.07, 6.45) is 0. The molecule has 3 rings (SSSR count). The molecule has 0 spiro atoms. The van der Waals surface area contributed by atoms with Gasteiger partial charge in [-0.3, -0.25) is 9.69 Å². The topological polar surface area (TPSA) is 33.2 Å². The molecule has 3 aromatic rings. The van der Waals surface area contributed by atoms with Crippen LogP contribution in [0.4, 0.5) is 11.5 Å². The lowest BCUT2D eigenvalue weighted by Crippen LogP contribution is -2.26. The molecule has 0 saturated carbocycles. The number of para-hydroxylation sites is 1. The van der Waals surface area contributed by atoms with E-state index in [9.17, 15) is 4.79 Å². The van der Waals surface area contributed by atoms with E-state index in [-0.39, 0.29) is 5.91 Å². The Kier molecular flexibility index (Phi) is 4.17. The fourth-order valence-corrected chi connectivity index (χ4v) is 2.32. The van der Waals surface area contributed by atoms with Crippen LogP contribution in [0.5, 0.6) is 0 Å². The number of hydrogen-bond acceptors (Lipinski definition) is 2. The van der Waals surface area contributed by atoms with Crippen molar-refractivity contribution >= 4 is 29.0 Å². The van der Waals surface area contributed by atoms with E-state index in [1.165, 1.54) is 0 Å². The van der Waals surface area contributed by atoms with Crippen molar-refractivity contribution in [1.29, 1.82) is 0 Å². The zero-order chi connectivity index (χ0) is 15.4. The van der Waals surface area contributed by atoms with E-state index in [4.69, 9.17) is 11.6 Å². The van der Waals surface area contributed by atoms with Gasteiger partial charge in [0.25, 0.3) is 5.91 Å². The molecule has 0 aliphatic carbocycles. The maximum absolute atomic E-state index is 12.9. The van der Waals surface area contributed by atoms with Crippen molar-refractivity contribution in [3.05, 3.63) is 89.6 Å². The van der Waals surface area contributed by atoms with Gasteiger partial charge >= 0.3 is 0 Å². The number of amides is 1. The molecule has 0 fully saturated rings. The van der Waals surface area contributed by atoms with Crippen LogP contribution in [0.2, 0.25) is 5.15 Å². The van der Waals surface area contributed by atoms with Crippen molar-refractivity contribution in [2.24, 2.45) is 0 Å². The number of hydrogen-bond donors (Lipinski definition) is 0. The Morgan fingerprint density at radius 1 is 0.818 bits per heavy atom. The van der Waals surface area contributed by atoms with Gasteiger partial charge in [-0.2, -0.15) is 0 Å². The lowest BCUT2D eigenvalue weighted by molar-refractivity contribution is 0.0998. The summed E-state index contributed by atoms with van der Waals surface area (Å²) in [4.78, 5) is 18.7. The Morgan fingerprint density at radius 2 is 1.45 bits per heavy atom. The van der Waals surface area contributed by atoms with E-state index < -0.39 is 0 Å². The molecule has 0 aliphatic rings. The average molecular weight is 309 g/mol. The maximum Gasteiger partial charge on any atom is 0.264 e. The van der Waals surface area contributed by atoms with Crippen LogP contribution in [0.15, 0.2) is 78.9 Å². The molecular weight excluding hydrogens is 296 g/mol. The van der Waals surface area contributed by atoms with Gasteiger partial charge in [-0.05, 0) is 36.4 Å². The average Bonchev–Trinajstić information content (AvgIpc) is 2.57. The van der Waals surface area contributed by atoms with Gasteiger partial charge in [0.15, 0.2) is 0 Å². The van der Waals surface area contributed by atoms with Crippen molar-refractivity contribution in [2.45, 2.75) is 0 Å². The van der Waals surface area contributed by atoms with Gasteiger partial charge in [-0.25, -0.2) is 4.98 Å². The number of aromatic nitrogens is 1. The predicted molar refractivity (Wildman–Crippen MR) is 88.6 cm³/mol. The standard InChI is InChI=1S/C18H13ClN2O/c19-16-12-7-13-17(20-16)21(15-10-5-2-6-11-15)18(22)14-8-3-1-4-9-14/h1-13H. The third-order valence-electron chi connectivity index (χ3n) is 3.17. The summed E-state index contributed by atoms with van der Waals surface area (Å²) in [5.74, 6) is 0.342. The van der Waals surface area contributed by atoms with Gasteiger partial charge in [-0.1, -0.05) is 54.1 Å². The highest BCUT2D eigenvalue weighted by Crippen LogP contribution is 2.26. The molecule has 1 amide bonds. The predicted octanol–water partition coefficient (Wildman–Crippen LogP) is 4.71. The quantitative estimate of drug-likeness (QED) is 0.656. The fourth-order valence-electron chi connectivity index (χ4n) is 2.16. The van der Waals surface area contributed by atoms with Gasteiger partial charge in [0, 0.05) is 5.56 Å². The zero-order valence-corrected chi connectivity index (χ0v) is 12.4. The molecule has 1 heterocycles. The van der Waals surface area contributed by atoms with Crippen LogP contribution in [0.25, 0.3) is 0 Å². The molecule has 0 bridgehead atoms. The van der Waals surface area contributed by atoms with Crippen LogP contribution in [-0.2, 0) is 0 Å². The highest BCUT2D eigenvalue weighted by molar-refractivity contribution is 6.29. The smallest absolute Gasteiger partial charge is 0.264 e. The summed E-state index contributed by atoms with van der Waals surface area (Å²) in [6.45, 7) is 0. The van der Waals surface area contributed by atoms with Crippen LogP contribution in [0, 0.1) is 0 Å². The minimum absolute atomic E-state index is 0.151. The van der Waals surface area contributed by atoms with Crippen molar-refractivity contribution in [1.82, 2.24) is 4.98 Å². The first-order valence-electron chi connectivity index (χ1n) is 6.83. The Morgan fingerprint density at radius 3 is 2.09 bits per heavy atom. The minimum Gasteiger partial charge on any atom is -0.268 e. The molecule has 0 N–H and O–H groups in total. The highest BCUT2D eigenvalue weighted by Gasteiger charge is 2.20. The summed E-state index contributed by atoms with van der Waals surface area (Å²) in [5.41, 5.74) is 1.33. The molecule has 0 unspecified atom stereocenters. The fraction of sp³-hybridized carbons (Fsp3) is 0. The Balaban J connectivity index is 2.10. The second kappa shape index (κ2) is 6.41. The number of carbonyl (C=O) groups excluding carboxylic acids is 1. The molecule has 0 aliphatic heterocycles. The summed E-state index contributed by atoms with van der Waals surface area (Å²) in [6, 6.07) is 23.7. The van der Waals surface area contributed by atoms with E-state index >= 15 is 0 Å². The lowest BCUT2D eigenvalue weighted by atomic mass is 10.1. The van der Waals surface area contributed by atoms with Gasteiger partial charge in [0.1, 0.15) is 11.0 Å². The molecule has 108 valence electrons. The lowest BCUT2D eigenvalue weighted by Gasteiger charge is -2.22. The second-order valence-corrected chi connectivity index (χ2v) is 5.05. The molecule has 4 heteroatoms. The van der Waals surface area contributed by atoms with E-state index in [0.29, 0.717) is 16.5 Å². The number of benzene rings is 2. The largest absolute Gasteiger partial charge is 0.268 e. The number of rotatable bonds is 3. The molecule has 0 saturated heterocycles. The highest BCUT2D eigenvalue weighted by atomic mass is 35.5. The summed E-state index contributed by atoms with van der Waals surface area (Å²) >= 11 is 5.98. The van der Waals surface area contributed by atoms with E-state index in [0.717, 1.165) is 5.69 Å². The SMILES string of the molecule is O=C(c1ccccc1)N(c1ccccc1)c1cccc(Cl)n1. The maximum atomic E-state index is 12.9. The van der Waals surface area contributed by atoms with Gasteiger partial charge in [0.05, 0.1) is 5.69 Å². The summed E-state index contributed by atoms with van der Waals surface area (Å²) in [5, 5.41) is 0.347. The Bertz CT molecular complexity index is 775. The Hall–Kier alpha value is -2.65. The first kappa shape index (κ1) is 14.3. The van der Waals surface area contributed by atoms with Crippen LogP contribution in [0.3, 0.4) is 0 Å². The van der Waals surface area contributed by atoms with E-state index in [1.807, 2.05) is 48.5 Å². The summed E-state index contributed by atoms with van der Waals surface area (Å²) < 4.78 is 0. The van der Waals surface area contributed by atoms with Crippen LogP contribution >= 0.6 is 11.6 Å². The second-order valence-electron chi connectivity index (χ2n) is 4.66. The molecule has 0 atom stereocenters. The van der Waals surface area contributed by atoms with Gasteiger partial charge in [-0.15, -0.1) is 0 Å². The van der Waals surface area contributed by atoms with Crippen LogP contribution in [0.1, 0.15) is 10.4 Å². The number of nitrogens with zero attached hydrogens (tertiary/aromatic N) is 2. The number of pyridine rings is 1. The number of anilines is 2. The first-order valence-corrected chi connectivity index (χ1v) is 7.20. The molecule has 22 heavy (non-hydrogen) atoms. The Labute approximate surface area is 133 Å². The zero-order valence-electron chi connectivity index (χ0n) is 11.7. The minimum atomic E-state index is -0.151. The molecule has 0 radical (unpaired) electrons. The number of carbonyl (C=O) groups is 1. The molecule has 3 nitrogen and oxygen atoms in total. The van der Waals surface area contributed by atoms with Crippen LogP contribution < -0.4 is 4.90 Å². The third-order valence-corrected chi connectivity index (χ3v) is 3.38. The molecule has 1 aromatic heterocycles. The molecule has 2 aromatic carbocycles. The molecular formula is C18H13ClN2O. The van der Waals surface area contributed by atoms with Gasteiger partial charge < -0.3 is 0 Å². The van der Waals surface area contributed by atoms with E-state index in [1.54, 1.807) is 35.2 Å². The van der Waals surface area contributed by atoms with E-state index in [2.05, 4.69) is 4.98 Å².